The van der Waals surface area contributed by atoms with Gasteiger partial charge in [-0.05, 0) is 30.7 Å². The van der Waals surface area contributed by atoms with E-state index in [4.69, 9.17) is 11.6 Å². The second-order valence-electron chi connectivity index (χ2n) is 6.28. The molecule has 2 aromatic carbocycles. The lowest BCUT2D eigenvalue weighted by molar-refractivity contribution is -0.384. The quantitative estimate of drug-likeness (QED) is 0.286. The highest BCUT2D eigenvalue weighted by Gasteiger charge is 2.15. The zero-order chi connectivity index (χ0) is 20.5. The number of halogens is 1. The average Bonchev–Trinajstić information content (AvgIpc) is 3.11. The van der Waals surface area contributed by atoms with Crippen LogP contribution in [0.3, 0.4) is 0 Å². The topological polar surface area (TPSA) is 102 Å². The van der Waals surface area contributed by atoms with E-state index in [1.54, 1.807) is 0 Å². The summed E-state index contributed by atoms with van der Waals surface area (Å²) in [6.07, 6.45) is 0. The molecule has 8 nitrogen and oxygen atoms in total. The lowest BCUT2D eigenvalue weighted by Crippen LogP contribution is -2.14. The maximum Gasteiger partial charge on any atom is 0.271 e. The molecular formula is C19H14ClN5O3S. The number of para-hydroxylation sites is 1. The van der Waals surface area contributed by atoms with E-state index in [1.807, 2.05) is 41.7 Å². The summed E-state index contributed by atoms with van der Waals surface area (Å²) >= 11 is 7.25. The van der Waals surface area contributed by atoms with Gasteiger partial charge in [-0.15, -0.1) is 10.2 Å². The third-order valence-corrected chi connectivity index (χ3v) is 5.60. The molecule has 0 aliphatic heterocycles. The number of carbonyl (C=O) groups excluding carboxylic acids is 1. The van der Waals surface area contributed by atoms with Crippen LogP contribution in [0.25, 0.3) is 16.6 Å². The smallest absolute Gasteiger partial charge is 0.271 e. The van der Waals surface area contributed by atoms with Crippen molar-refractivity contribution < 1.29 is 9.72 Å². The molecule has 0 saturated heterocycles. The molecule has 0 spiro atoms. The number of nitrogens with one attached hydrogen (secondary N) is 1. The number of rotatable bonds is 5. The third-order valence-electron chi connectivity index (χ3n) is 4.34. The van der Waals surface area contributed by atoms with Crippen LogP contribution in [-0.4, -0.2) is 31.2 Å². The molecule has 0 aliphatic carbocycles. The normalized spacial score (nSPS) is 11.1. The van der Waals surface area contributed by atoms with E-state index in [0.717, 1.165) is 16.5 Å². The van der Waals surface area contributed by atoms with Crippen LogP contribution < -0.4 is 5.32 Å². The van der Waals surface area contributed by atoms with Crippen LogP contribution in [0.1, 0.15) is 5.56 Å². The fourth-order valence-corrected chi connectivity index (χ4v) is 3.92. The van der Waals surface area contributed by atoms with Crippen molar-refractivity contribution in [2.45, 2.75) is 12.1 Å². The Morgan fingerprint density at radius 2 is 2.03 bits per heavy atom. The van der Waals surface area contributed by atoms with E-state index < -0.39 is 4.92 Å². The molecule has 4 rings (SSSR count). The summed E-state index contributed by atoms with van der Waals surface area (Å²) in [7, 11) is 0. The van der Waals surface area contributed by atoms with Gasteiger partial charge in [-0.25, -0.2) is 0 Å². The Labute approximate surface area is 174 Å². The van der Waals surface area contributed by atoms with Crippen LogP contribution in [0.15, 0.2) is 53.7 Å². The van der Waals surface area contributed by atoms with Gasteiger partial charge in [-0.2, -0.15) is 0 Å². The minimum absolute atomic E-state index is 0.0437. The van der Waals surface area contributed by atoms with Gasteiger partial charge in [0.15, 0.2) is 10.8 Å². The summed E-state index contributed by atoms with van der Waals surface area (Å²) in [6, 6.07) is 13.7. The lowest BCUT2D eigenvalue weighted by atomic mass is 10.1. The Hall–Kier alpha value is -3.17. The van der Waals surface area contributed by atoms with Gasteiger partial charge < -0.3 is 5.32 Å². The summed E-state index contributed by atoms with van der Waals surface area (Å²) in [5, 5.41) is 23.8. The van der Waals surface area contributed by atoms with Gasteiger partial charge in [0.05, 0.1) is 26.9 Å². The van der Waals surface area contributed by atoms with Gasteiger partial charge in [-0.1, -0.05) is 41.6 Å². The largest absolute Gasteiger partial charge is 0.324 e. The number of anilines is 1. The summed E-state index contributed by atoms with van der Waals surface area (Å²) in [5.41, 5.74) is 2.79. The molecule has 10 heteroatoms. The van der Waals surface area contributed by atoms with Gasteiger partial charge in [0, 0.05) is 17.5 Å². The van der Waals surface area contributed by atoms with Crippen molar-refractivity contribution in [3.8, 4) is 0 Å². The second-order valence-corrected chi connectivity index (χ2v) is 7.63. The molecule has 0 radical (unpaired) electrons. The van der Waals surface area contributed by atoms with Crippen LogP contribution in [0.4, 0.5) is 11.4 Å². The number of benzene rings is 2. The number of aryl methyl sites for hydroxylation is 1. The zero-order valence-corrected chi connectivity index (χ0v) is 16.7. The first-order valence-corrected chi connectivity index (χ1v) is 9.90. The number of carbonyl (C=O) groups is 1. The van der Waals surface area contributed by atoms with Gasteiger partial charge in [0.25, 0.3) is 5.69 Å². The van der Waals surface area contributed by atoms with Crippen LogP contribution >= 0.6 is 23.4 Å². The Balaban J connectivity index is 1.56. The SMILES string of the molecule is Cc1cc2nnc(SCC(=O)Nc3cc([N+](=O)[O-])ccc3Cl)n2c2ccccc12. The summed E-state index contributed by atoms with van der Waals surface area (Å²) < 4.78 is 1.90. The number of non-ortho nitro benzene ring substituents is 1. The van der Waals surface area contributed by atoms with Gasteiger partial charge >= 0.3 is 0 Å². The van der Waals surface area contributed by atoms with E-state index in [0.29, 0.717) is 10.8 Å². The summed E-state index contributed by atoms with van der Waals surface area (Å²) in [5.74, 6) is -0.312. The lowest BCUT2D eigenvalue weighted by Gasteiger charge is -2.08. The number of hydrogen-bond donors (Lipinski definition) is 1. The molecule has 4 aromatic rings. The highest BCUT2D eigenvalue weighted by atomic mass is 35.5. The number of nitrogens with zero attached hydrogens (tertiary/aromatic N) is 4. The van der Waals surface area contributed by atoms with Crippen molar-refractivity contribution in [2.75, 3.05) is 11.1 Å². The van der Waals surface area contributed by atoms with Crippen molar-refractivity contribution in [3.05, 3.63) is 69.2 Å². The maximum absolute atomic E-state index is 12.4. The Bertz CT molecular complexity index is 1270. The molecule has 0 aliphatic rings. The molecule has 146 valence electrons. The number of fused-ring (bicyclic) bond motifs is 3. The monoisotopic (exact) mass is 427 g/mol. The summed E-state index contributed by atoms with van der Waals surface area (Å²) in [6.45, 7) is 2.01. The molecule has 0 atom stereocenters. The predicted molar refractivity (Wildman–Crippen MR) is 113 cm³/mol. The van der Waals surface area contributed by atoms with Gasteiger partial charge in [-0.3, -0.25) is 19.3 Å². The first kappa shape index (κ1) is 19.2. The minimum atomic E-state index is -0.545. The predicted octanol–water partition coefficient (Wildman–Crippen LogP) is 4.48. The average molecular weight is 428 g/mol. The molecule has 0 saturated carbocycles. The maximum atomic E-state index is 12.4. The van der Waals surface area contributed by atoms with Crippen LogP contribution in [0, 0.1) is 17.0 Å². The van der Waals surface area contributed by atoms with Crippen molar-refractivity contribution >= 4 is 57.2 Å². The molecule has 0 bridgehead atoms. The highest BCUT2D eigenvalue weighted by molar-refractivity contribution is 7.99. The molecule has 0 fully saturated rings. The van der Waals surface area contributed by atoms with Crippen molar-refractivity contribution in [2.24, 2.45) is 0 Å². The number of hydrogen-bond acceptors (Lipinski definition) is 6. The molecule has 1 amide bonds. The Kier molecular flexibility index (Phi) is 5.08. The van der Waals surface area contributed by atoms with Gasteiger partial charge in [0.2, 0.25) is 5.91 Å². The van der Waals surface area contributed by atoms with E-state index in [1.165, 1.54) is 30.0 Å². The fraction of sp³-hybridized carbons (Fsp3) is 0.105. The van der Waals surface area contributed by atoms with Crippen molar-refractivity contribution in [1.29, 1.82) is 0 Å². The molecular weight excluding hydrogens is 414 g/mol. The molecule has 1 N–H and O–H groups in total. The number of thioether (sulfide) groups is 1. The molecule has 29 heavy (non-hydrogen) atoms. The van der Waals surface area contributed by atoms with Crippen LogP contribution in [0.2, 0.25) is 5.02 Å². The fourth-order valence-electron chi connectivity index (χ4n) is 3.01. The van der Waals surface area contributed by atoms with Crippen LogP contribution in [0.5, 0.6) is 0 Å². The standard InChI is InChI=1S/C19H14ClN5O3S/c1-11-8-17-22-23-19(24(17)16-5-3-2-4-13(11)16)29-10-18(26)21-15-9-12(25(27)28)6-7-14(15)20/h2-9H,10H2,1H3,(H,21,26). The Morgan fingerprint density at radius 3 is 2.83 bits per heavy atom. The van der Waals surface area contributed by atoms with E-state index in [9.17, 15) is 14.9 Å². The van der Waals surface area contributed by atoms with Crippen molar-refractivity contribution in [1.82, 2.24) is 14.6 Å². The van der Waals surface area contributed by atoms with Gasteiger partial charge in [0.1, 0.15) is 0 Å². The minimum Gasteiger partial charge on any atom is -0.324 e. The number of pyridine rings is 1. The number of nitro benzene ring substituents is 1. The first-order valence-electron chi connectivity index (χ1n) is 8.54. The molecule has 2 aromatic heterocycles. The second kappa shape index (κ2) is 7.69. The molecule has 0 unspecified atom stereocenters. The number of nitro groups is 1. The summed E-state index contributed by atoms with van der Waals surface area (Å²) in [4.78, 5) is 22.7. The third kappa shape index (κ3) is 3.74. The van der Waals surface area contributed by atoms with E-state index in [2.05, 4.69) is 15.5 Å². The first-order chi connectivity index (χ1) is 13.9. The molecule has 2 heterocycles. The Morgan fingerprint density at radius 1 is 1.24 bits per heavy atom. The van der Waals surface area contributed by atoms with Crippen LogP contribution in [-0.2, 0) is 4.79 Å². The van der Waals surface area contributed by atoms with E-state index >= 15 is 0 Å². The number of amides is 1. The highest BCUT2D eigenvalue weighted by Crippen LogP contribution is 2.28. The number of aromatic nitrogens is 3. The van der Waals surface area contributed by atoms with E-state index in [-0.39, 0.29) is 28.1 Å². The van der Waals surface area contributed by atoms with Crippen molar-refractivity contribution in [3.63, 3.8) is 0 Å². The zero-order valence-electron chi connectivity index (χ0n) is 15.1.